The average molecular weight is 282 g/mol. The summed E-state index contributed by atoms with van der Waals surface area (Å²) in [4.78, 5) is 0. The highest BCUT2D eigenvalue weighted by Gasteiger charge is 2.45. The maximum Gasteiger partial charge on any atom is 0.161 e. The molecule has 0 bridgehead atoms. The lowest BCUT2D eigenvalue weighted by Crippen LogP contribution is -2.51. The first-order valence-electron chi connectivity index (χ1n) is 7.15. The van der Waals surface area contributed by atoms with Gasteiger partial charge in [0, 0.05) is 14.2 Å². The van der Waals surface area contributed by atoms with Gasteiger partial charge in [0.25, 0.3) is 0 Å². The normalized spacial score (nSPS) is 28.4. The number of hydrogen-bond donors (Lipinski definition) is 2. The van der Waals surface area contributed by atoms with E-state index in [1.165, 1.54) is 6.42 Å². The molecule has 0 saturated heterocycles. The van der Waals surface area contributed by atoms with Crippen molar-refractivity contribution in [1.82, 2.24) is 15.2 Å². The molecule has 3 unspecified atom stereocenters. The van der Waals surface area contributed by atoms with Gasteiger partial charge in [0.15, 0.2) is 5.75 Å². The Balaban J connectivity index is 2.41. The molecule has 3 atom stereocenters. The van der Waals surface area contributed by atoms with Crippen LogP contribution in [0.15, 0.2) is 6.20 Å². The molecule has 1 aliphatic carbocycles. The summed E-state index contributed by atoms with van der Waals surface area (Å²) in [6, 6.07) is -0.141. The van der Waals surface area contributed by atoms with Crippen LogP contribution < -0.4 is 16.0 Å². The fourth-order valence-electron chi connectivity index (χ4n) is 3.50. The van der Waals surface area contributed by atoms with Gasteiger partial charge >= 0.3 is 0 Å². The maximum atomic E-state index is 5.94. The first-order valence-corrected chi connectivity index (χ1v) is 7.15. The van der Waals surface area contributed by atoms with Gasteiger partial charge in [-0.1, -0.05) is 19.8 Å². The monoisotopic (exact) mass is 282 g/mol. The minimum atomic E-state index is -0.312. The van der Waals surface area contributed by atoms with Crippen LogP contribution in [0.3, 0.4) is 0 Å². The lowest BCUT2D eigenvalue weighted by molar-refractivity contribution is -0.0826. The highest BCUT2D eigenvalue weighted by atomic mass is 16.5. The first kappa shape index (κ1) is 15.3. The van der Waals surface area contributed by atoms with Crippen LogP contribution in [0, 0.1) is 5.92 Å². The Kier molecular flexibility index (Phi) is 4.67. The molecule has 6 nitrogen and oxygen atoms in total. The molecule has 1 aromatic rings. The van der Waals surface area contributed by atoms with Crippen LogP contribution in [0.1, 0.15) is 44.3 Å². The first-order chi connectivity index (χ1) is 9.57. The summed E-state index contributed by atoms with van der Waals surface area (Å²) < 4.78 is 13.2. The molecule has 3 N–H and O–H groups in total. The molecule has 6 heteroatoms. The molecule has 0 amide bonds. The zero-order valence-electron chi connectivity index (χ0n) is 12.8. The quantitative estimate of drug-likeness (QED) is 0.633. The van der Waals surface area contributed by atoms with Crippen LogP contribution in [-0.2, 0) is 11.8 Å². The van der Waals surface area contributed by atoms with E-state index in [9.17, 15) is 0 Å². The van der Waals surface area contributed by atoms with E-state index >= 15 is 0 Å². The van der Waals surface area contributed by atoms with Crippen molar-refractivity contribution in [2.45, 2.75) is 44.2 Å². The summed E-state index contributed by atoms with van der Waals surface area (Å²) >= 11 is 0. The number of aromatic nitrogens is 2. The van der Waals surface area contributed by atoms with Crippen molar-refractivity contribution in [3.63, 3.8) is 0 Å². The van der Waals surface area contributed by atoms with E-state index < -0.39 is 0 Å². The Bertz CT molecular complexity index is 448. The number of hydrazine groups is 1. The lowest BCUT2D eigenvalue weighted by atomic mass is 9.73. The van der Waals surface area contributed by atoms with Crippen molar-refractivity contribution in [1.29, 1.82) is 0 Å². The molecule has 0 aromatic carbocycles. The van der Waals surface area contributed by atoms with Gasteiger partial charge in [0.2, 0.25) is 0 Å². The second kappa shape index (κ2) is 6.11. The van der Waals surface area contributed by atoms with E-state index in [1.54, 1.807) is 20.4 Å². The third-order valence-electron chi connectivity index (χ3n) is 4.53. The third kappa shape index (κ3) is 2.55. The van der Waals surface area contributed by atoms with Crippen molar-refractivity contribution in [3.05, 3.63) is 11.9 Å². The van der Waals surface area contributed by atoms with Crippen molar-refractivity contribution in [3.8, 4) is 5.75 Å². The van der Waals surface area contributed by atoms with Gasteiger partial charge in [-0.25, -0.2) is 5.43 Å². The lowest BCUT2D eigenvalue weighted by Gasteiger charge is -2.44. The van der Waals surface area contributed by atoms with Crippen LogP contribution in [0.5, 0.6) is 5.75 Å². The fourth-order valence-corrected chi connectivity index (χ4v) is 3.50. The van der Waals surface area contributed by atoms with Crippen LogP contribution >= 0.6 is 0 Å². The predicted octanol–water partition coefficient (Wildman–Crippen LogP) is 1.53. The summed E-state index contributed by atoms with van der Waals surface area (Å²) in [5.41, 5.74) is 3.56. The van der Waals surface area contributed by atoms with Gasteiger partial charge in [0.05, 0.1) is 24.9 Å². The second-order valence-electron chi connectivity index (χ2n) is 5.79. The molecular formula is C14H26N4O2. The Morgan fingerprint density at radius 3 is 2.85 bits per heavy atom. The predicted molar refractivity (Wildman–Crippen MR) is 77.2 cm³/mol. The summed E-state index contributed by atoms with van der Waals surface area (Å²) in [5.74, 6) is 7.23. The Morgan fingerprint density at radius 2 is 2.30 bits per heavy atom. The Morgan fingerprint density at radius 1 is 1.55 bits per heavy atom. The van der Waals surface area contributed by atoms with Gasteiger partial charge in [-0.15, -0.1) is 0 Å². The van der Waals surface area contributed by atoms with Crippen molar-refractivity contribution >= 4 is 0 Å². The molecule has 0 spiro atoms. The van der Waals surface area contributed by atoms with E-state index in [1.807, 2.05) is 11.7 Å². The van der Waals surface area contributed by atoms with Crippen molar-refractivity contribution in [2.75, 3.05) is 14.2 Å². The molecule has 1 fully saturated rings. The average Bonchev–Trinajstić information content (AvgIpc) is 2.81. The molecule has 20 heavy (non-hydrogen) atoms. The van der Waals surface area contributed by atoms with E-state index in [4.69, 9.17) is 15.3 Å². The molecular weight excluding hydrogens is 256 g/mol. The SMILES string of the molecule is COc1cnn(C)c1C(NN)C1(OC)CCCC(C)C1. The minimum absolute atomic E-state index is 0.141. The summed E-state index contributed by atoms with van der Waals surface area (Å²) in [6.45, 7) is 2.26. The van der Waals surface area contributed by atoms with Crippen LogP contribution in [0.4, 0.5) is 0 Å². The summed E-state index contributed by atoms with van der Waals surface area (Å²) in [5, 5.41) is 4.28. The minimum Gasteiger partial charge on any atom is -0.493 e. The fraction of sp³-hybridized carbons (Fsp3) is 0.786. The van der Waals surface area contributed by atoms with Gasteiger partial charge in [-0.3, -0.25) is 10.5 Å². The van der Waals surface area contributed by atoms with Crippen LogP contribution in [0.25, 0.3) is 0 Å². The third-order valence-corrected chi connectivity index (χ3v) is 4.53. The number of nitrogens with two attached hydrogens (primary N) is 1. The number of nitrogens with zero attached hydrogens (tertiary/aromatic N) is 2. The van der Waals surface area contributed by atoms with E-state index in [2.05, 4.69) is 17.4 Å². The summed E-state index contributed by atoms with van der Waals surface area (Å²) in [6.07, 6.45) is 6.07. The Hall–Kier alpha value is -1.11. The van der Waals surface area contributed by atoms with Gasteiger partial charge in [-0.2, -0.15) is 5.10 Å². The van der Waals surface area contributed by atoms with Gasteiger partial charge in [0.1, 0.15) is 5.69 Å². The number of aryl methyl sites for hydroxylation is 1. The van der Waals surface area contributed by atoms with Crippen LogP contribution in [0.2, 0.25) is 0 Å². The molecule has 0 aliphatic heterocycles. The van der Waals surface area contributed by atoms with E-state index in [-0.39, 0.29) is 11.6 Å². The number of hydrogen-bond acceptors (Lipinski definition) is 5. The standard InChI is InChI=1S/C14H26N4O2/c1-10-6-5-7-14(8-10,20-4)13(17-15)12-11(19-3)9-16-18(12)2/h9-10,13,17H,5-8,15H2,1-4H3. The highest BCUT2D eigenvalue weighted by molar-refractivity contribution is 5.30. The largest absolute Gasteiger partial charge is 0.493 e. The number of methoxy groups -OCH3 is 2. The second-order valence-corrected chi connectivity index (χ2v) is 5.79. The number of nitrogens with one attached hydrogen (secondary N) is 1. The Labute approximate surface area is 120 Å². The maximum absolute atomic E-state index is 5.94. The molecule has 1 aromatic heterocycles. The van der Waals surface area contributed by atoms with Gasteiger partial charge < -0.3 is 9.47 Å². The number of ether oxygens (including phenoxy) is 2. The van der Waals surface area contributed by atoms with Crippen molar-refractivity contribution in [2.24, 2.45) is 18.8 Å². The molecule has 1 aliphatic rings. The highest BCUT2D eigenvalue weighted by Crippen LogP contribution is 2.44. The summed E-state index contributed by atoms with van der Waals surface area (Å²) in [7, 11) is 5.32. The van der Waals surface area contributed by atoms with Crippen LogP contribution in [-0.4, -0.2) is 29.6 Å². The van der Waals surface area contributed by atoms with E-state index in [0.29, 0.717) is 5.92 Å². The molecule has 2 rings (SSSR count). The van der Waals surface area contributed by atoms with E-state index in [0.717, 1.165) is 30.7 Å². The number of rotatable bonds is 5. The molecule has 0 radical (unpaired) electrons. The molecule has 1 heterocycles. The molecule has 1 saturated carbocycles. The van der Waals surface area contributed by atoms with Gasteiger partial charge in [-0.05, 0) is 18.8 Å². The zero-order chi connectivity index (χ0) is 14.8. The van der Waals surface area contributed by atoms with Crippen molar-refractivity contribution < 1.29 is 9.47 Å². The molecule has 114 valence electrons. The smallest absolute Gasteiger partial charge is 0.161 e. The zero-order valence-corrected chi connectivity index (χ0v) is 12.8. The topological polar surface area (TPSA) is 74.3 Å².